The number of sulfonamides is 1. The highest BCUT2D eigenvalue weighted by molar-refractivity contribution is 7.89. The maximum Gasteiger partial charge on any atom is 0.274 e. The summed E-state index contributed by atoms with van der Waals surface area (Å²) in [5.74, 6) is 0.612. The van der Waals surface area contributed by atoms with Crippen molar-refractivity contribution in [2.24, 2.45) is 0 Å². The zero-order chi connectivity index (χ0) is 15.5. The van der Waals surface area contributed by atoms with Gasteiger partial charge in [-0.3, -0.25) is 0 Å². The number of nitrogens with one attached hydrogen (secondary N) is 2. The van der Waals surface area contributed by atoms with Crippen molar-refractivity contribution in [3.63, 3.8) is 0 Å². The molecule has 6 nitrogen and oxygen atoms in total. The summed E-state index contributed by atoms with van der Waals surface area (Å²) in [5.41, 5.74) is -0.472. The van der Waals surface area contributed by atoms with Gasteiger partial charge in [0.1, 0.15) is 5.76 Å². The molecular formula is C14H24N2O4S. The van der Waals surface area contributed by atoms with E-state index in [9.17, 15) is 8.42 Å². The second-order valence-corrected chi connectivity index (χ2v) is 7.65. The third-order valence-corrected chi connectivity index (χ3v) is 5.07. The fraction of sp³-hybridized carbons (Fsp3) is 0.714. The summed E-state index contributed by atoms with van der Waals surface area (Å²) in [6.07, 6.45) is 1.32. The Morgan fingerprint density at radius 1 is 1.29 bits per heavy atom. The first-order chi connectivity index (χ1) is 9.81. The van der Waals surface area contributed by atoms with Gasteiger partial charge in [-0.15, -0.1) is 0 Å². The maximum absolute atomic E-state index is 12.4. The molecule has 0 radical (unpaired) electrons. The minimum atomic E-state index is -3.64. The molecule has 2 N–H and O–H groups in total. The van der Waals surface area contributed by atoms with E-state index in [2.05, 4.69) is 10.0 Å². The molecule has 1 aromatic rings. The average molecular weight is 316 g/mol. The van der Waals surface area contributed by atoms with Gasteiger partial charge in [-0.1, -0.05) is 13.8 Å². The molecule has 2 heterocycles. The summed E-state index contributed by atoms with van der Waals surface area (Å²) in [6.45, 7) is 7.60. The summed E-state index contributed by atoms with van der Waals surface area (Å²) in [6, 6.07) is 3.51. The van der Waals surface area contributed by atoms with Gasteiger partial charge in [-0.25, -0.2) is 13.1 Å². The molecule has 0 saturated carbocycles. The van der Waals surface area contributed by atoms with Gasteiger partial charge >= 0.3 is 0 Å². The van der Waals surface area contributed by atoms with E-state index in [4.69, 9.17) is 9.15 Å². The minimum absolute atomic E-state index is 0.0317. The molecule has 21 heavy (non-hydrogen) atoms. The van der Waals surface area contributed by atoms with Crippen molar-refractivity contribution in [1.82, 2.24) is 10.0 Å². The van der Waals surface area contributed by atoms with Gasteiger partial charge < -0.3 is 14.5 Å². The Hall–Kier alpha value is -0.890. The summed E-state index contributed by atoms with van der Waals surface area (Å²) in [4.78, 5) is 0. The van der Waals surface area contributed by atoms with E-state index in [0.717, 1.165) is 0 Å². The number of hydrogen-bond donors (Lipinski definition) is 2. The first kappa shape index (κ1) is 16.5. The van der Waals surface area contributed by atoms with E-state index in [1.165, 1.54) is 6.07 Å². The average Bonchev–Trinajstić information content (AvgIpc) is 2.85. The van der Waals surface area contributed by atoms with E-state index in [1.54, 1.807) is 6.07 Å². The lowest BCUT2D eigenvalue weighted by Gasteiger charge is -2.33. The second kappa shape index (κ2) is 6.48. The molecule has 2 rings (SSSR count). The van der Waals surface area contributed by atoms with Crippen LogP contribution in [0.3, 0.4) is 0 Å². The normalized spacial score (nSPS) is 19.0. The molecule has 1 aliphatic heterocycles. The molecular weight excluding hydrogens is 292 g/mol. The Labute approximate surface area is 126 Å². The monoisotopic (exact) mass is 316 g/mol. The van der Waals surface area contributed by atoms with Crippen LogP contribution < -0.4 is 10.0 Å². The summed E-state index contributed by atoms with van der Waals surface area (Å²) in [5, 5.41) is 3.16. The molecule has 1 aromatic heterocycles. The molecule has 0 aromatic carbocycles. The van der Waals surface area contributed by atoms with Crippen LogP contribution >= 0.6 is 0 Å². The summed E-state index contributed by atoms with van der Waals surface area (Å²) in [7, 11) is -3.64. The Bertz CT molecular complexity index is 559. The van der Waals surface area contributed by atoms with Crippen LogP contribution in [-0.4, -0.2) is 33.2 Å². The van der Waals surface area contributed by atoms with Gasteiger partial charge in [0.15, 0.2) is 0 Å². The van der Waals surface area contributed by atoms with Crippen LogP contribution in [0.2, 0.25) is 0 Å². The fourth-order valence-corrected chi connectivity index (χ4v) is 3.62. The van der Waals surface area contributed by atoms with Crippen LogP contribution in [0.25, 0.3) is 0 Å². The predicted molar refractivity (Wildman–Crippen MR) is 79.5 cm³/mol. The van der Waals surface area contributed by atoms with Crippen LogP contribution in [-0.2, 0) is 21.3 Å². The number of furan rings is 1. The van der Waals surface area contributed by atoms with Gasteiger partial charge in [0.2, 0.25) is 5.09 Å². The van der Waals surface area contributed by atoms with Gasteiger partial charge in [0.05, 0.1) is 6.54 Å². The van der Waals surface area contributed by atoms with Crippen molar-refractivity contribution < 1.29 is 17.6 Å². The van der Waals surface area contributed by atoms with Crippen LogP contribution in [0.1, 0.15) is 39.4 Å². The highest BCUT2D eigenvalue weighted by Gasteiger charge is 2.33. The molecule has 0 aliphatic carbocycles. The van der Waals surface area contributed by atoms with Gasteiger partial charge in [-0.2, -0.15) is 0 Å². The third-order valence-electron chi connectivity index (χ3n) is 3.56. The van der Waals surface area contributed by atoms with E-state index in [0.29, 0.717) is 44.4 Å². The number of hydrogen-bond acceptors (Lipinski definition) is 5. The van der Waals surface area contributed by atoms with Crippen LogP contribution in [0.4, 0.5) is 0 Å². The predicted octanol–water partition coefficient (Wildman–Crippen LogP) is 1.62. The highest BCUT2D eigenvalue weighted by atomic mass is 32.2. The number of ether oxygens (including phenoxy) is 1. The van der Waals surface area contributed by atoms with Crippen LogP contribution in [0, 0.1) is 0 Å². The highest BCUT2D eigenvalue weighted by Crippen LogP contribution is 2.23. The van der Waals surface area contributed by atoms with E-state index >= 15 is 0 Å². The summed E-state index contributed by atoms with van der Waals surface area (Å²) < 4.78 is 38.2. The third kappa shape index (κ3) is 4.54. The Morgan fingerprint density at radius 3 is 2.57 bits per heavy atom. The van der Waals surface area contributed by atoms with Gasteiger partial charge in [-0.05, 0) is 31.9 Å². The first-order valence-corrected chi connectivity index (χ1v) is 8.73. The van der Waals surface area contributed by atoms with Gasteiger partial charge in [0.25, 0.3) is 10.0 Å². The van der Waals surface area contributed by atoms with Crippen molar-refractivity contribution in [3.05, 3.63) is 17.9 Å². The lowest BCUT2D eigenvalue weighted by molar-refractivity contribution is 0.0536. The standard InChI is InChI=1S/C14H24N2O4S/c1-11(2)15-10-12-4-5-13(20-12)21(17,18)16-14(3)6-8-19-9-7-14/h4-5,11,15-16H,6-10H2,1-3H3. The van der Waals surface area contributed by atoms with E-state index < -0.39 is 15.6 Å². The minimum Gasteiger partial charge on any atom is -0.447 e. The quantitative estimate of drug-likeness (QED) is 0.833. The summed E-state index contributed by atoms with van der Waals surface area (Å²) >= 11 is 0. The topological polar surface area (TPSA) is 80.6 Å². The Morgan fingerprint density at radius 2 is 1.95 bits per heavy atom. The zero-order valence-electron chi connectivity index (χ0n) is 12.8. The largest absolute Gasteiger partial charge is 0.447 e. The van der Waals surface area contributed by atoms with E-state index in [1.807, 2.05) is 20.8 Å². The molecule has 1 fully saturated rings. The SMILES string of the molecule is CC(C)NCc1ccc(S(=O)(=O)NC2(C)CCOCC2)o1. The first-order valence-electron chi connectivity index (χ1n) is 7.25. The fourth-order valence-electron chi connectivity index (χ4n) is 2.20. The Balaban J connectivity index is 2.05. The van der Waals surface area contributed by atoms with Crippen molar-refractivity contribution in [3.8, 4) is 0 Å². The second-order valence-electron chi connectivity index (χ2n) is 6.03. The van der Waals surface area contributed by atoms with E-state index in [-0.39, 0.29) is 5.09 Å². The zero-order valence-corrected chi connectivity index (χ0v) is 13.6. The molecule has 0 atom stereocenters. The van der Waals surface area contributed by atoms with Crippen molar-refractivity contribution in [2.75, 3.05) is 13.2 Å². The molecule has 0 unspecified atom stereocenters. The molecule has 1 saturated heterocycles. The molecule has 7 heteroatoms. The van der Waals surface area contributed by atoms with Crippen LogP contribution in [0.5, 0.6) is 0 Å². The molecule has 1 aliphatic rings. The molecule has 120 valence electrons. The van der Waals surface area contributed by atoms with Crippen molar-refractivity contribution in [1.29, 1.82) is 0 Å². The molecule has 0 bridgehead atoms. The van der Waals surface area contributed by atoms with Crippen LogP contribution in [0.15, 0.2) is 21.6 Å². The number of rotatable bonds is 6. The van der Waals surface area contributed by atoms with Gasteiger partial charge in [0, 0.05) is 24.8 Å². The van der Waals surface area contributed by atoms with Crippen molar-refractivity contribution in [2.45, 2.75) is 56.8 Å². The molecule has 0 amide bonds. The molecule has 0 spiro atoms. The smallest absolute Gasteiger partial charge is 0.274 e. The van der Waals surface area contributed by atoms with Crippen molar-refractivity contribution >= 4 is 10.0 Å². The Kier molecular flexibility index (Phi) is 5.08. The lowest BCUT2D eigenvalue weighted by Crippen LogP contribution is -2.49. The maximum atomic E-state index is 12.4. The lowest BCUT2D eigenvalue weighted by atomic mass is 9.94.